The van der Waals surface area contributed by atoms with Crippen molar-refractivity contribution in [1.82, 2.24) is 4.57 Å². The molecular formula is C16H22N4O2. The van der Waals surface area contributed by atoms with Crippen molar-refractivity contribution in [3.05, 3.63) is 30.0 Å². The first-order chi connectivity index (χ1) is 10.5. The number of benzene rings is 1. The molecule has 0 aliphatic heterocycles. The molecule has 0 spiro atoms. The number of aromatic hydroxyl groups is 1. The van der Waals surface area contributed by atoms with Crippen molar-refractivity contribution in [2.45, 2.75) is 39.2 Å². The van der Waals surface area contributed by atoms with Crippen molar-refractivity contribution in [1.29, 1.82) is 0 Å². The number of hydrogen-bond donors (Lipinski definition) is 3. The Balaban J connectivity index is 2.59. The number of fused-ring (bicyclic) bond motifs is 1. The zero-order valence-electron chi connectivity index (χ0n) is 12.9. The summed E-state index contributed by atoms with van der Waals surface area (Å²) in [5.41, 5.74) is 11.3. The molecule has 0 radical (unpaired) electrons. The standard InChI is InChI=1S/C16H22N4O2/c1-3-4-9-20-13(10(2)14(21)19-16(17)18)11-7-5-6-8-12(11)15(20)22/h5-8,10,22H,3-4,9H2,1-2H3,(H4,17,18,19,21). The second-order valence-electron chi connectivity index (χ2n) is 5.36. The highest BCUT2D eigenvalue weighted by Gasteiger charge is 2.25. The van der Waals surface area contributed by atoms with Crippen molar-refractivity contribution in [2.24, 2.45) is 16.5 Å². The van der Waals surface area contributed by atoms with E-state index >= 15 is 0 Å². The second kappa shape index (κ2) is 6.51. The van der Waals surface area contributed by atoms with Crippen LogP contribution in [0.2, 0.25) is 0 Å². The highest BCUT2D eigenvalue weighted by atomic mass is 16.3. The largest absolute Gasteiger partial charge is 0.494 e. The smallest absolute Gasteiger partial charge is 0.257 e. The van der Waals surface area contributed by atoms with E-state index in [-0.39, 0.29) is 11.8 Å². The average Bonchev–Trinajstić information content (AvgIpc) is 2.76. The van der Waals surface area contributed by atoms with E-state index in [9.17, 15) is 9.90 Å². The molecule has 5 N–H and O–H groups in total. The van der Waals surface area contributed by atoms with Crippen LogP contribution in [0.3, 0.4) is 0 Å². The zero-order valence-corrected chi connectivity index (χ0v) is 12.9. The van der Waals surface area contributed by atoms with Crippen molar-refractivity contribution in [3.8, 4) is 5.88 Å². The van der Waals surface area contributed by atoms with Crippen LogP contribution in [0.1, 0.15) is 38.3 Å². The van der Waals surface area contributed by atoms with E-state index in [0.29, 0.717) is 6.54 Å². The van der Waals surface area contributed by atoms with Crippen LogP contribution in [-0.2, 0) is 11.3 Å². The molecule has 1 aromatic heterocycles. The molecule has 0 saturated carbocycles. The van der Waals surface area contributed by atoms with Gasteiger partial charge in [0.2, 0.25) is 0 Å². The van der Waals surface area contributed by atoms with Gasteiger partial charge in [-0.3, -0.25) is 4.79 Å². The van der Waals surface area contributed by atoms with Crippen molar-refractivity contribution >= 4 is 22.6 Å². The summed E-state index contributed by atoms with van der Waals surface area (Å²) >= 11 is 0. The second-order valence-corrected chi connectivity index (χ2v) is 5.36. The summed E-state index contributed by atoms with van der Waals surface area (Å²) in [5.74, 6) is -1.02. The Morgan fingerprint density at radius 1 is 1.32 bits per heavy atom. The number of nitrogens with zero attached hydrogens (tertiary/aromatic N) is 2. The molecule has 1 heterocycles. The van der Waals surface area contributed by atoms with Gasteiger partial charge >= 0.3 is 0 Å². The van der Waals surface area contributed by atoms with E-state index in [1.165, 1.54) is 0 Å². The van der Waals surface area contributed by atoms with Crippen LogP contribution in [0.15, 0.2) is 29.3 Å². The lowest BCUT2D eigenvalue weighted by Gasteiger charge is -2.14. The molecule has 2 rings (SSSR count). The highest BCUT2D eigenvalue weighted by Crippen LogP contribution is 2.36. The lowest BCUT2D eigenvalue weighted by molar-refractivity contribution is -0.118. The van der Waals surface area contributed by atoms with E-state index in [0.717, 1.165) is 29.3 Å². The van der Waals surface area contributed by atoms with Gasteiger partial charge in [0.15, 0.2) is 11.8 Å². The fourth-order valence-corrected chi connectivity index (χ4v) is 2.66. The summed E-state index contributed by atoms with van der Waals surface area (Å²) in [6, 6.07) is 7.48. The van der Waals surface area contributed by atoms with Gasteiger partial charge in [-0.25, -0.2) is 0 Å². The minimum atomic E-state index is -0.537. The SMILES string of the molecule is CCCCn1c(O)c2ccccc2c1C(C)C(=O)N=C(N)N. The van der Waals surface area contributed by atoms with Crippen molar-refractivity contribution in [3.63, 3.8) is 0 Å². The van der Waals surface area contributed by atoms with Gasteiger partial charge in [-0.05, 0) is 19.4 Å². The summed E-state index contributed by atoms with van der Waals surface area (Å²) in [6.45, 7) is 4.47. The van der Waals surface area contributed by atoms with Crippen LogP contribution in [0.25, 0.3) is 10.8 Å². The highest BCUT2D eigenvalue weighted by molar-refractivity contribution is 5.99. The molecule has 2 aromatic rings. The number of carbonyl (C=O) groups is 1. The molecule has 0 bridgehead atoms. The monoisotopic (exact) mass is 302 g/mol. The van der Waals surface area contributed by atoms with Gasteiger partial charge in [0.1, 0.15) is 0 Å². The molecule has 1 aromatic carbocycles. The number of nitrogens with two attached hydrogens (primary N) is 2. The molecular weight excluding hydrogens is 280 g/mol. The molecule has 118 valence electrons. The predicted molar refractivity (Wildman–Crippen MR) is 87.7 cm³/mol. The first-order valence-corrected chi connectivity index (χ1v) is 7.40. The van der Waals surface area contributed by atoms with Gasteiger partial charge in [-0.1, -0.05) is 31.5 Å². The third-order valence-corrected chi connectivity index (χ3v) is 3.75. The molecule has 6 nitrogen and oxygen atoms in total. The maximum atomic E-state index is 12.2. The lowest BCUT2D eigenvalue weighted by Crippen LogP contribution is -2.25. The predicted octanol–water partition coefficient (Wildman–Crippen LogP) is 2.05. The van der Waals surface area contributed by atoms with E-state index in [2.05, 4.69) is 11.9 Å². The maximum Gasteiger partial charge on any atom is 0.257 e. The normalized spacial score (nSPS) is 12.3. The summed E-state index contributed by atoms with van der Waals surface area (Å²) in [4.78, 5) is 15.8. The molecule has 0 saturated heterocycles. The third-order valence-electron chi connectivity index (χ3n) is 3.75. The fraction of sp³-hybridized carbons (Fsp3) is 0.375. The quantitative estimate of drug-likeness (QED) is 0.580. The molecule has 1 unspecified atom stereocenters. The van der Waals surface area contributed by atoms with Crippen LogP contribution in [0.4, 0.5) is 0 Å². The number of guanidine groups is 1. The van der Waals surface area contributed by atoms with Gasteiger partial charge in [0.05, 0.1) is 5.92 Å². The first-order valence-electron chi connectivity index (χ1n) is 7.40. The van der Waals surface area contributed by atoms with Gasteiger partial charge in [-0.2, -0.15) is 4.99 Å². The van der Waals surface area contributed by atoms with Gasteiger partial charge in [0.25, 0.3) is 5.91 Å². The Morgan fingerprint density at radius 3 is 2.55 bits per heavy atom. The molecule has 0 aliphatic rings. The molecule has 6 heteroatoms. The Hall–Kier alpha value is -2.50. The average molecular weight is 302 g/mol. The van der Waals surface area contributed by atoms with E-state index in [1.54, 1.807) is 11.5 Å². The molecule has 0 fully saturated rings. The number of aromatic nitrogens is 1. The summed E-state index contributed by atoms with van der Waals surface area (Å²) in [6.07, 6.45) is 1.90. The number of rotatable bonds is 5. The molecule has 1 amide bonds. The molecule has 1 atom stereocenters. The topological polar surface area (TPSA) is 107 Å². The Morgan fingerprint density at radius 2 is 1.95 bits per heavy atom. The minimum Gasteiger partial charge on any atom is -0.494 e. The van der Waals surface area contributed by atoms with Gasteiger partial charge in [-0.15, -0.1) is 0 Å². The van der Waals surface area contributed by atoms with E-state index < -0.39 is 11.8 Å². The summed E-state index contributed by atoms with van der Waals surface area (Å²) in [7, 11) is 0. The number of carbonyl (C=O) groups excluding carboxylic acids is 1. The van der Waals surface area contributed by atoms with E-state index in [4.69, 9.17) is 11.5 Å². The number of unbranched alkanes of at least 4 members (excludes halogenated alkanes) is 1. The van der Waals surface area contributed by atoms with Crippen molar-refractivity contribution in [2.75, 3.05) is 0 Å². The lowest BCUT2D eigenvalue weighted by atomic mass is 10.0. The minimum absolute atomic E-state index is 0.184. The van der Waals surface area contributed by atoms with Crippen LogP contribution in [0.5, 0.6) is 5.88 Å². The van der Waals surface area contributed by atoms with Crippen LogP contribution >= 0.6 is 0 Å². The summed E-state index contributed by atoms with van der Waals surface area (Å²) in [5, 5.41) is 12.1. The van der Waals surface area contributed by atoms with Gasteiger partial charge < -0.3 is 21.1 Å². The molecule has 0 aliphatic carbocycles. The van der Waals surface area contributed by atoms with Crippen LogP contribution < -0.4 is 11.5 Å². The zero-order chi connectivity index (χ0) is 16.3. The van der Waals surface area contributed by atoms with Crippen LogP contribution in [-0.4, -0.2) is 21.5 Å². The third kappa shape index (κ3) is 2.90. The Bertz CT molecular complexity index is 714. The van der Waals surface area contributed by atoms with E-state index in [1.807, 2.05) is 24.3 Å². The first kappa shape index (κ1) is 15.9. The Labute approximate surface area is 129 Å². The fourth-order valence-electron chi connectivity index (χ4n) is 2.66. The molecule has 22 heavy (non-hydrogen) atoms. The van der Waals surface area contributed by atoms with Gasteiger partial charge in [0, 0.05) is 23.0 Å². The van der Waals surface area contributed by atoms with Crippen molar-refractivity contribution < 1.29 is 9.90 Å². The number of amides is 1. The maximum absolute atomic E-state index is 12.2. The van der Waals surface area contributed by atoms with Crippen LogP contribution in [0, 0.1) is 0 Å². The number of aliphatic imine (C=N–C) groups is 1. The Kier molecular flexibility index (Phi) is 4.70. The number of hydrogen-bond acceptors (Lipinski definition) is 2. The summed E-state index contributed by atoms with van der Waals surface area (Å²) < 4.78 is 1.79.